The largest absolute Gasteiger partial charge is 0.356 e. The van der Waals surface area contributed by atoms with E-state index in [4.69, 9.17) is 0 Å². The number of aryl methyl sites for hydroxylation is 2. The first-order valence-corrected chi connectivity index (χ1v) is 8.77. The van der Waals surface area contributed by atoms with Crippen LogP contribution in [0.2, 0.25) is 0 Å². The first-order valence-electron chi connectivity index (χ1n) is 7.89. The summed E-state index contributed by atoms with van der Waals surface area (Å²) in [4.78, 5) is 11.0. The van der Waals surface area contributed by atoms with Crippen LogP contribution in [0.25, 0.3) is 0 Å². The summed E-state index contributed by atoms with van der Waals surface area (Å²) in [7, 11) is 3.86. The number of hydrogen-bond donors (Lipinski definition) is 1. The van der Waals surface area contributed by atoms with E-state index in [1.165, 1.54) is 11.1 Å². The van der Waals surface area contributed by atoms with Gasteiger partial charge in [0.15, 0.2) is 5.96 Å². The lowest BCUT2D eigenvalue weighted by atomic mass is 9.99. The third-order valence-electron chi connectivity index (χ3n) is 3.82. The van der Waals surface area contributed by atoms with Gasteiger partial charge in [-0.3, -0.25) is 4.99 Å². The Bertz CT molecular complexity index is 669. The second-order valence-corrected chi connectivity index (χ2v) is 7.02. The molecule has 4 nitrogen and oxygen atoms in total. The van der Waals surface area contributed by atoms with Gasteiger partial charge in [-0.05, 0) is 25.3 Å². The fourth-order valence-electron chi connectivity index (χ4n) is 2.52. The molecule has 1 unspecified atom stereocenters. The molecule has 0 saturated heterocycles. The molecule has 0 fully saturated rings. The van der Waals surface area contributed by atoms with Crippen LogP contribution in [0.4, 0.5) is 0 Å². The van der Waals surface area contributed by atoms with Crippen molar-refractivity contribution in [1.29, 1.82) is 0 Å². The Labute approximate surface area is 166 Å². The van der Waals surface area contributed by atoms with Gasteiger partial charge in [0.2, 0.25) is 0 Å². The molecule has 0 spiro atoms. The molecule has 1 aromatic heterocycles. The highest BCUT2D eigenvalue weighted by atomic mass is 127. The van der Waals surface area contributed by atoms with Crippen LogP contribution in [0.3, 0.4) is 0 Å². The Hall–Kier alpha value is -1.15. The van der Waals surface area contributed by atoms with Crippen molar-refractivity contribution in [2.45, 2.75) is 33.2 Å². The Balaban J connectivity index is 0.00000288. The van der Waals surface area contributed by atoms with Crippen molar-refractivity contribution in [1.82, 2.24) is 15.2 Å². The van der Waals surface area contributed by atoms with Gasteiger partial charge in [-0.2, -0.15) is 0 Å². The summed E-state index contributed by atoms with van der Waals surface area (Å²) in [5.41, 5.74) is 3.74. The van der Waals surface area contributed by atoms with Crippen molar-refractivity contribution in [3.63, 3.8) is 0 Å². The summed E-state index contributed by atoms with van der Waals surface area (Å²) in [6.45, 7) is 8.02. The van der Waals surface area contributed by atoms with E-state index in [-0.39, 0.29) is 24.0 Å². The summed E-state index contributed by atoms with van der Waals surface area (Å²) in [6.07, 6.45) is 0. The summed E-state index contributed by atoms with van der Waals surface area (Å²) < 4.78 is 0. The SMILES string of the molecule is CN=C(NCC(C)c1cccc(C)c1)N(C)Cc1csc(C)n1.I. The molecule has 24 heavy (non-hydrogen) atoms. The van der Waals surface area contributed by atoms with Gasteiger partial charge >= 0.3 is 0 Å². The number of nitrogens with one attached hydrogen (secondary N) is 1. The summed E-state index contributed by atoms with van der Waals surface area (Å²) in [6, 6.07) is 8.68. The molecule has 1 N–H and O–H groups in total. The molecule has 0 aliphatic rings. The van der Waals surface area contributed by atoms with Gasteiger partial charge in [0.25, 0.3) is 0 Å². The van der Waals surface area contributed by atoms with Crippen LogP contribution in [0, 0.1) is 13.8 Å². The maximum absolute atomic E-state index is 4.51. The first-order chi connectivity index (χ1) is 11.0. The molecule has 1 heterocycles. The fourth-order valence-corrected chi connectivity index (χ4v) is 3.13. The van der Waals surface area contributed by atoms with E-state index < -0.39 is 0 Å². The summed E-state index contributed by atoms with van der Waals surface area (Å²) >= 11 is 1.68. The number of rotatable bonds is 5. The molecule has 1 atom stereocenters. The number of halogens is 1. The number of guanidine groups is 1. The van der Waals surface area contributed by atoms with Gasteiger partial charge in [0.05, 0.1) is 17.2 Å². The molecule has 0 saturated carbocycles. The zero-order chi connectivity index (χ0) is 16.8. The maximum Gasteiger partial charge on any atom is 0.193 e. The normalized spacial score (nSPS) is 12.5. The minimum Gasteiger partial charge on any atom is -0.356 e. The van der Waals surface area contributed by atoms with Gasteiger partial charge in [-0.25, -0.2) is 4.98 Å². The molecule has 0 aliphatic carbocycles. The quantitative estimate of drug-likeness (QED) is 0.415. The third-order valence-corrected chi connectivity index (χ3v) is 4.64. The lowest BCUT2D eigenvalue weighted by molar-refractivity contribution is 0.468. The molecule has 1 aromatic carbocycles. The Morgan fingerprint density at radius 1 is 1.38 bits per heavy atom. The van der Waals surface area contributed by atoms with E-state index in [1.807, 2.05) is 21.0 Å². The number of thiazole rings is 1. The zero-order valence-electron chi connectivity index (χ0n) is 15.0. The van der Waals surface area contributed by atoms with Crippen LogP contribution in [-0.2, 0) is 6.54 Å². The Morgan fingerprint density at radius 3 is 2.71 bits per heavy atom. The lowest BCUT2D eigenvalue weighted by Crippen LogP contribution is -2.40. The fraction of sp³-hybridized carbons (Fsp3) is 0.444. The minimum atomic E-state index is 0. The van der Waals surface area contributed by atoms with Crippen LogP contribution in [-0.4, -0.2) is 36.5 Å². The zero-order valence-corrected chi connectivity index (χ0v) is 18.2. The van der Waals surface area contributed by atoms with E-state index in [2.05, 4.69) is 63.7 Å². The number of hydrogen-bond acceptors (Lipinski definition) is 3. The minimum absolute atomic E-state index is 0. The standard InChI is InChI=1S/C18H26N4S.HI/c1-13-7-6-8-16(9-13)14(2)10-20-18(19-4)22(5)11-17-12-23-15(3)21-17;/h6-9,12,14H,10-11H2,1-5H3,(H,19,20);1H. The lowest BCUT2D eigenvalue weighted by Gasteiger charge is -2.23. The first kappa shape index (κ1) is 20.9. The van der Waals surface area contributed by atoms with Crippen LogP contribution < -0.4 is 5.32 Å². The van der Waals surface area contributed by atoms with Crippen LogP contribution in [0.15, 0.2) is 34.6 Å². The molecule has 132 valence electrons. The summed E-state index contributed by atoms with van der Waals surface area (Å²) in [5, 5.41) is 6.67. The monoisotopic (exact) mass is 458 g/mol. The Kier molecular flexibility index (Phi) is 8.69. The van der Waals surface area contributed by atoms with E-state index in [1.54, 1.807) is 11.3 Å². The van der Waals surface area contributed by atoms with Gasteiger partial charge in [0, 0.05) is 26.0 Å². The van der Waals surface area contributed by atoms with Crippen LogP contribution in [0.1, 0.15) is 34.7 Å². The highest BCUT2D eigenvalue weighted by molar-refractivity contribution is 14.0. The number of aromatic nitrogens is 1. The highest BCUT2D eigenvalue weighted by Crippen LogP contribution is 2.15. The molecule has 2 rings (SSSR count). The van der Waals surface area contributed by atoms with Crippen molar-refractivity contribution in [3.05, 3.63) is 51.5 Å². The van der Waals surface area contributed by atoms with Crippen molar-refractivity contribution < 1.29 is 0 Å². The summed E-state index contributed by atoms with van der Waals surface area (Å²) in [5.74, 6) is 1.33. The smallest absolute Gasteiger partial charge is 0.193 e. The Morgan fingerprint density at radius 2 is 2.12 bits per heavy atom. The maximum atomic E-state index is 4.51. The molecular formula is C18H27IN4S. The van der Waals surface area contributed by atoms with Crippen molar-refractivity contribution in [2.24, 2.45) is 4.99 Å². The van der Waals surface area contributed by atoms with E-state index in [0.717, 1.165) is 29.8 Å². The molecule has 0 bridgehead atoms. The van der Waals surface area contributed by atoms with Gasteiger partial charge < -0.3 is 10.2 Å². The topological polar surface area (TPSA) is 40.5 Å². The molecule has 0 aliphatic heterocycles. The second-order valence-electron chi connectivity index (χ2n) is 5.96. The predicted molar refractivity (Wildman–Crippen MR) is 115 cm³/mol. The molecule has 0 amide bonds. The molecule has 0 radical (unpaired) electrons. The average molecular weight is 458 g/mol. The number of aliphatic imine (C=N–C) groups is 1. The van der Waals surface area contributed by atoms with Crippen LogP contribution >= 0.6 is 35.3 Å². The molecule has 6 heteroatoms. The average Bonchev–Trinajstić information content (AvgIpc) is 2.92. The second kappa shape index (κ2) is 9.98. The third kappa shape index (κ3) is 6.05. The molecular weight excluding hydrogens is 431 g/mol. The van der Waals surface area contributed by atoms with Crippen molar-refractivity contribution in [3.8, 4) is 0 Å². The van der Waals surface area contributed by atoms with E-state index in [9.17, 15) is 0 Å². The van der Waals surface area contributed by atoms with Gasteiger partial charge in [-0.15, -0.1) is 35.3 Å². The van der Waals surface area contributed by atoms with E-state index in [0.29, 0.717) is 5.92 Å². The van der Waals surface area contributed by atoms with Crippen molar-refractivity contribution in [2.75, 3.05) is 20.6 Å². The highest BCUT2D eigenvalue weighted by Gasteiger charge is 2.11. The van der Waals surface area contributed by atoms with Gasteiger partial charge in [-0.1, -0.05) is 36.8 Å². The van der Waals surface area contributed by atoms with Crippen molar-refractivity contribution >= 4 is 41.3 Å². The number of nitrogens with zero attached hydrogens (tertiary/aromatic N) is 3. The van der Waals surface area contributed by atoms with Gasteiger partial charge in [0.1, 0.15) is 0 Å². The van der Waals surface area contributed by atoms with E-state index >= 15 is 0 Å². The predicted octanol–water partition coefficient (Wildman–Crippen LogP) is 4.19. The van der Waals surface area contributed by atoms with Crippen LogP contribution in [0.5, 0.6) is 0 Å². The number of benzene rings is 1. The molecule has 2 aromatic rings.